The highest BCUT2D eigenvalue weighted by atomic mass is 16.5. The van der Waals surface area contributed by atoms with Gasteiger partial charge in [0, 0.05) is 30.9 Å². The highest BCUT2D eigenvalue weighted by molar-refractivity contribution is 5.83. The van der Waals surface area contributed by atoms with Gasteiger partial charge in [-0.2, -0.15) is 0 Å². The van der Waals surface area contributed by atoms with Crippen molar-refractivity contribution in [3.63, 3.8) is 0 Å². The van der Waals surface area contributed by atoms with Gasteiger partial charge in [-0.25, -0.2) is 4.98 Å². The Morgan fingerprint density at radius 3 is 2.71 bits per heavy atom. The molecule has 2 fully saturated rings. The second-order valence-electron chi connectivity index (χ2n) is 11.2. The zero-order valence-corrected chi connectivity index (χ0v) is 23.8. The van der Waals surface area contributed by atoms with E-state index in [1.807, 2.05) is 31.2 Å². The number of nitrogens with zero attached hydrogens (tertiary/aromatic N) is 4. The van der Waals surface area contributed by atoms with Crippen LogP contribution >= 0.6 is 0 Å². The van der Waals surface area contributed by atoms with Gasteiger partial charge in [0.1, 0.15) is 11.4 Å². The Hall–Kier alpha value is -3.72. The Morgan fingerprint density at radius 2 is 1.85 bits per heavy atom. The molecule has 41 heavy (non-hydrogen) atoms. The Kier molecular flexibility index (Phi) is 8.60. The molecule has 2 aromatic carbocycles. The van der Waals surface area contributed by atoms with E-state index in [0.717, 1.165) is 92.5 Å². The molecule has 2 atom stereocenters. The molecule has 2 aliphatic rings. The monoisotopic (exact) mass is 552 g/mol. The number of imidazole rings is 1. The van der Waals surface area contributed by atoms with Gasteiger partial charge in [0.25, 0.3) is 0 Å². The van der Waals surface area contributed by atoms with Gasteiger partial charge >= 0.3 is 0 Å². The predicted octanol–water partition coefficient (Wildman–Crippen LogP) is 4.92. The van der Waals surface area contributed by atoms with Crippen molar-refractivity contribution in [1.82, 2.24) is 24.8 Å². The van der Waals surface area contributed by atoms with Crippen LogP contribution in [0.15, 0.2) is 60.7 Å². The van der Waals surface area contributed by atoms with E-state index in [1.54, 1.807) is 6.07 Å². The molecule has 0 spiro atoms. The van der Waals surface area contributed by atoms with Crippen molar-refractivity contribution < 1.29 is 9.84 Å². The van der Waals surface area contributed by atoms with Crippen molar-refractivity contribution in [1.29, 1.82) is 0 Å². The number of benzene rings is 2. The summed E-state index contributed by atoms with van der Waals surface area (Å²) in [5.74, 6) is 1.03. The minimum absolute atomic E-state index is 0.202. The standard InChI is InChI=1S/C33H40N6O2/c1-24-7-12-32(40)30(35-24)23-39-31-21-26(9-8-25-5-3-2-4-6-25)10-11-29(31)37-33(39)36-28-13-15-34-27(22-28)14-16-38-17-19-41-20-18-38/h2-12,21,27-28,34,40H,13-20,22-23H2,1H3,(H,36,37)/b9-8+. The third-order valence-corrected chi connectivity index (χ3v) is 8.16. The average molecular weight is 553 g/mol. The van der Waals surface area contributed by atoms with Crippen molar-refractivity contribution in [2.24, 2.45) is 0 Å². The van der Waals surface area contributed by atoms with E-state index in [1.165, 1.54) is 0 Å². The van der Waals surface area contributed by atoms with Crippen LogP contribution in [0.5, 0.6) is 5.75 Å². The third kappa shape index (κ3) is 6.96. The average Bonchev–Trinajstić information content (AvgIpc) is 3.34. The maximum atomic E-state index is 10.6. The number of hydrogen-bond acceptors (Lipinski definition) is 7. The predicted molar refractivity (Wildman–Crippen MR) is 165 cm³/mol. The fourth-order valence-corrected chi connectivity index (χ4v) is 5.84. The molecular formula is C33H40N6O2. The Bertz CT molecular complexity index is 1480. The third-order valence-electron chi connectivity index (χ3n) is 8.16. The van der Waals surface area contributed by atoms with Gasteiger partial charge in [0.2, 0.25) is 5.95 Å². The van der Waals surface area contributed by atoms with Crippen molar-refractivity contribution in [2.45, 2.75) is 44.8 Å². The number of nitrogens with one attached hydrogen (secondary N) is 2. The molecule has 0 amide bonds. The summed E-state index contributed by atoms with van der Waals surface area (Å²) in [6.07, 6.45) is 7.48. The van der Waals surface area contributed by atoms with Gasteiger partial charge in [0.15, 0.2) is 0 Å². The molecule has 2 aliphatic heterocycles. The number of pyridine rings is 1. The number of aryl methyl sites for hydroxylation is 1. The van der Waals surface area contributed by atoms with Gasteiger partial charge in [-0.1, -0.05) is 48.6 Å². The number of aromatic nitrogens is 3. The van der Waals surface area contributed by atoms with Crippen molar-refractivity contribution >= 4 is 29.1 Å². The van der Waals surface area contributed by atoms with E-state index in [0.29, 0.717) is 24.3 Å². The van der Waals surface area contributed by atoms with E-state index in [-0.39, 0.29) is 5.75 Å². The zero-order valence-electron chi connectivity index (χ0n) is 23.8. The number of ether oxygens (including phenoxy) is 1. The Labute approximate surface area is 242 Å². The fraction of sp³-hybridized carbons (Fsp3) is 0.394. The molecule has 214 valence electrons. The van der Waals surface area contributed by atoms with E-state index in [4.69, 9.17) is 9.72 Å². The second kappa shape index (κ2) is 12.9. The van der Waals surface area contributed by atoms with Crippen LogP contribution < -0.4 is 10.6 Å². The summed E-state index contributed by atoms with van der Waals surface area (Å²) in [6, 6.07) is 21.0. The molecule has 0 aliphatic carbocycles. The zero-order chi connectivity index (χ0) is 28.0. The number of aromatic hydroxyl groups is 1. The first-order chi connectivity index (χ1) is 20.1. The Balaban J connectivity index is 1.25. The molecule has 2 aromatic heterocycles. The van der Waals surface area contributed by atoms with Crippen molar-refractivity contribution in [3.8, 4) is 5.75 Å². The molecule has 4 heterocycles. The molecule has 8 nitrogen and oxygen atoms in total. The first kappa shape index (κ1) is 27.4. The lowest BCUT2D eigenvalue weighted by Crippen LogP contribution is -2.46. The molecule has 2 unspecified atom stereocenters. The SMILES string of the molecule is Cc1ccc(O)c(Cn2c(NC3CCNC(CCN4CCOCC4)C3)nc3ccc(/C=C/c4ccccc4)cc32)n1. The van der Waals surface area contributed by atoms with Crippen LogP contribution in [0.4, 0.5) is 5.95 Å². The lowest BCUT2D eigenvalue weighted by Gasteiger charge is -2.33. The summed E-state index contributed by atoms with van der Waals surface area (Å²) in [6.45, 7) is 8.21. The van der Waals surface area contributed by atoms with Gasteiger partial charge in [-0.15, -0.1) is 0 Å². The molecule has 4 aromatic rings. The number of piperidine rings is 1. The summed E-state index contributed by atoms with van der Waals surface area (Å²) in [4.78, 5) is 12.2. The van der Waals surface area contributed by atoms with Crippen LogP contribution in [0.2, 0.25) is 0 Å². The highest BCUT2D eigenvalue weighted by Gasteiger charge is 2.24. The molecule has 0 radical (unpaired) electrons. The maximum absolute atomic E-state index is 10.6. The van der Waals surface area contributed by atoms with Crippen LogP contribution in [-0.2, 0) is 11.3 Å². The number of hydrogen-bond donors (Lipinski definition) is 3. The summed E-state index contributed by atoms with van der Waals surface area (Å²) < 4.78 is 7.68. The van der Waals surface area contributed by atoms with Crippen LogP contribution in [0, 0.1) is 6.92 Å². The van der Waals surface area contributed by atoms with Crippen LogP contribution in [0.3, 0.4) is 0 Å². The van der Waals surface area contributed by atoms with E-state index in [9.17, 15) is 5.11 Å². The maximum Gasteiger partial charge on any atom is 0.204 e. The number of morpholine rings is 1. The normalized spacial score (nSPS) is 20.1. The smallest absolute Gasteiger partial charge is 0.204 e. The van der Waals surface area contributed by atoms with E-state index in [2.05, 4.69) is 67.6 Å². The first-order valence-corrected chi connectivity index (χ1v) is 14.8. The topological polar surface area (TPSA) is 87.5 Å². The largest absolute Gasteiger partial charge is 0.506 e. The second-order valence-corrected chi connectivity index (χ2v) is 11.2. The highest BCUT2D eigenvalue weighted by Crippen LogP contribution is 2.27. The van der Waals surface area contributed by atoms with Gasteiger partial charge in [-0.05, 0) is 74.7 Å². The lowest BCUT2D eigenvalue weighted by atomic mass is 9.97. The number of fused-ring (bicyclic) bond motifs is 1. The molecule has 2 saturated heterocycles. The van der Waals surface area contributed by atoms with Gasteiger partial charge in [0.05, 0.1) is 30.8 Å². The minimum Gasteiger partial charge on any atom is -0.506 e. The summed E-state index contributed by atoms with van der Waals surface area (Å²) >= 11 is 0. The summed E-state index contributed by atoms with van der Waals surface area (Å²) in [5.41, 5.74) is 5.72. The lowest BCUT2D eigenvalue weighted by molar-refractivity contribution is 0.0357. The molecule has 0 saturated carbocycles. The van der Waals surface area contributed by atoms with E-state index >= 15 is 0 Å². The quantitative estimate of drug-likeness (QED) is 0.254. The van der Waals surface area contributed by atoms with Crippen LogP contribution in [-0.4, -0.2) is 76.0 Å². The van der Waals surface area contributed by atoms with E-state index < -0.39 is 0 Å². The molecule has 3 N–H and O–H groups in total. The number of rotatable bonds is 9. The molecule has 6 rings (SSSR count). The van der Waals surface area contributed by atoms with Crippen LogP contribution in [0.1, 0.15) is 41.8 Å². The van der Waals surface area contributed by atoms with Crippen LogP contribution in [0.25, 0.3) is 23.2 Å². The number of anilines is 1. The van der Waals surface area contributed by atoms with Gasteiger partial charge in [-0.3, -0.25) is 9.88 Å². The minimum atomic E-state index is 0.202. The Morgan fingerprint density at radius 1 is 1.02 bits per heavy atom. The molecular weight excluding hydrogens is 512 g/mol. The fourth-order valence-electron chi connectivity index (χ4n) is 5.84. The molecule has 8 heteroatoms. The summed E-state index contributed by atoms with van der Waals surface area (Å²) in [7, 11) is 0. The van der Waals surface area contributed by atoms with Crippen molar-refractivity contribution in [2.75, 3.05) is 44.7 Å². The van der Waals surface area contributed by atoms with Gasteiger partial charge < -0.3 is 25.0 Å². The van der Waals surface area contributed by atoms with Crippen molar-refractivity contribution in [3.05, 3.63) is 83.2 Å². The molecule has 0 bridgehead atoms. The summed E-state index contributed by atoms with van der Waals surface area (Å²) in [5, 5.41) is 18.2. The first-order valence-electron chi connectivity index (χ1n) is 14.8.